The van der Waals surface area contributed by atoms with Gasteiger partial charge in [-0.3, -0.25) is 0 Å². The van der Waals surface area contributed by atoms with Crippen LogP contribution in [-0.4, -0.2) is 17.9 Å². The van der Waals surface area contributed by atoms with E-state index in [2.05, 4.69) is 19.7 Å². The van der Waals surface area contributed by atoms with Crippen molar-refractivity contribution in [1.82, 2.24) is 0 Å². The fourth-order valence-corrected chi connectivity index (χ4v) is 9.81. The van der Waals surface area contributed by atoms with Crippen molar-refractivity contribution >= 4 is 17.9 Å². The molecule has 172 valence electrons. The van der Waals surface area contributed by atoms with Gasteiger partial charge >= 0.3 is 195 Å². The van der Waals surface area contributed by atoms with E-state index < -0.39 is 39.9 Å². The summed E-state index contributed by atoms with van der Waals surface area (Å²) in [5, 5.41) is 0. The first kappa shape index (κ1) is 24.5. The molecule has 0 unspecified atom stereocenters. The predicted molar refractivity (Wildman–Crippen MR) is 117 cm³/mol. The Morgan fingerprint density at radius 2 is 0.969 bits per heavy atom. The SMILES string of the molecule is C=C(C)C(=O)[O][Ti]([O]C(=O)C(=C)C)([O]C(=O)C(=C)C)[CH]1C2=C(CCCC2)C2=C1CCCC2. The van der Waals surface area contributed by atoms with Crippen LogP contribution in [0.2, 0.25) is 4.22 Å². The molecular formula is C25H32O6Ti. The quantitative estimate of drug-likeness (QED) is 0.342. The summed E-state index contributed by atoms with van der Waals surface area (Å²) >= 11 is -5.01. The Hall–Kier alpha value is -2.18. The van der Waals surface area contributed by atoms with E-state index >= 15 is 0 Å². The van der Waals surface area contributed by atoms with Crippen molar-refractivity contribution in [1.29, 1.82) is 0 Å². The number of fused-ring (bicyclic) bond motifs is 1. The Labute approximate surface area is 194 Å². The molecule has 0 aromatic carbocycles. The molecule has 0 bridgehead atoms. The standard InChI is InChI=1S/C13H17.3C4H6O2.Ti/c1-3-7-12-10(5-1)9-11-6-2-4-8-13(11)12;3*1-3(2)4(5)6;/h9H,1-8H2;3*1H2,2H3,(H,5,6);/q;;;;+3/p-3. The van der Waals surface area contributed by atoms with Crippen LogP contribution in [0.15, 0.2) is 58.7 Å². The average molecular weight is 476 g/mol. The Morgan fingerprint density at radius 1 is 0.656 bits per heavy atom. The van der Waals surface area contributed by atoms with E-state index in [-0.39, 0.29) is 16.7 Å². The molecule has 0 spiro atoms. The summed E-state index contributed by atoms with van der Waals surface area (Å²) < 4.78 is 17.3. The molecule has 0 saturated carbocycles. The van der Waals surface area contributed by atoms with E-state index in [0.29, 0.717) is 0 Å². The second-order valence-corrected chi connectivity index (χ2v) is 12.7. The summed E-state index contributed by atoms with van der Waals surface area (Å²) in [5.74, 6) is -2.18. The van der Waals surface area contributed by atoms with Crippen molar-refractivity contribution in [3.05, 3.63) is 58.7 Å². The Balaban J connectivity index is 2.22. The van der Waals surface area contributed by atoms with Crippen molar-refractivity contribution in [3.8, 4) is 0 Å². The first-order valence-electron chi connectivity index (χ1n) is 11.2. The van der Waals surface area contributed by atoms with Crippen LogP contribution in [0.1, 0.15) is 72.1 Å². The molecule has 0 amide bonds. The second-order valence-electron chi connectivity index (χ2n) is 8.97. The first-order chi connectivity index (χ1) is 15.1. The van der Waals surface area contributed by atoms with E-state index in [1.165, 1.54) is 31.9 Å². The maximum atomic E-state index is 12.8. The molecule has 3 rings (SSSR count). The van der Waals surface area contributed by atoms with Crippen molar-refractivity contribution < 1.29 is 42.1 Å². The maximum absolute atomic E-state index is 12.8. The number of carbonyl (C=O) groups is 3. The van der Waals surface area contributed by atoms with Gasteiger partial charge in [0.2, 0.25) is 0 Å². The third-order valence-electron chi connectivity index (χ3n) is 6.19. The molecule has 0 heterocycles. The van der Waals surface area contributed by atoms with E-state index in [4.69, 9.17) is 9.96 Å². The molecule has 0 saturated heterocycles. The number of carbonyl (C=O) groups excluding carboxylic acids is 3. The third-order valence-corrected chi connectivity index (χ3v) is 10.6. The van der Waals surface area contributed by atoms with E-state index in [1.54, 1.807) is 0 Å². The molecule has 32 heavy (non-hydrogen) atoms. The van der Waals surface area contributed by atoms with Crippen molar-refractivity contribution in [3.63, 3.8) is 0 Å². The normalized spacial score (nSPS) is 18.5. The van der Waals surface area contributed by atoms with Gasteiger partial charge in [0.05, 0.1) is 0 Å². The Kier molecular flexibility index (Phi) is 7.46. The van der Waals surface area contributed by atoms with Crippen LogP contribution in [-0.2, 0) is 42.1 Å². The van der Waals surface area contributed by atoms with Gasteiger partial charge in [-0.15, -0.1) is 0 Å². The molecule has 0 atom stereocenters. The van der Waals surface area contributed by atoms with Crippen LogP contribution in [0.5, 0.6) is 0 Å². The summed E-state index contributed by atoms with van der Waals surface area (Å²) in [5.41, 5.74) is 5.23. The van der Waals surface area contributed by atoms with Crippen LogP contribution < -0.4 is 0 Å². The van der Waals surface area contributed by atoms with E-state index in [1.807, 2.05) is 0 Å². The molecule has 0 N–H and O–H groups in total. The van der Waals surface area contributed by atoms with Gasteiger partial charge in [-0.25, -0.2) is 0 Å². The zero-order valence-electron chi connectivity index (χ0n) is 19.3. The molecule has 0 radical (unpaired) electrons. The average Bonchev–Trinajstić information content (AvgIpc) is 3.08. The molecule has 0 fully saturated rings. The fourth-order valence-electron chi connectivity index (χ4n) is 4.71. The molecule has 3 aliphatic carbocycles. The van der Waals surface area contributed by atoms with Crippen LogP contribution in [0.3, 0.4) is 0 Å². The summed E-state index contributed by atoms with van der Waals surface area (Å²) in [7, 11) is 0. The Bertz CT molecular complexity index is 866. The van der Waals surface area contributed by atoms with Gasteiger partial charge in [-0.1, -0.05) is 0 Å². The molecule has 7 heteroatoms. The molecule has 0 aromatic rings. The van der Waals surface area contributed by atoms with E-state index in [9.17, 15) is 14.4 Å². The Morgan fingerprint density at radius 3 is 1.28 bits per heavy atom. The molecule has 6 nitrogen and oxygen atoms in total. The van der Waals surface area contributed by atoms with Gasteiger partial charge < -0.3 is 0 Å². The summed E-state index contributed by atoms with van der Waals surface area (Å²) in [6.45, 7) is 15.6. The minimum atomic E-state index is -5.01. The van der Waals surface area contributed by atoms with Crippen LogP contribution >= 0.6 is 0 Å². The van der Waals surface area contributed by atoms with Crippen molar-refractivity contribution in [2.45, 2.75) is 76.4 Å². The topological polar surface area (TPSA) is 78.9 Å². The third kappa shape index (κ3) is 4.76. The van der Waals surface area contributed by atoms with Crippen molar-refractivity contribution in [2.24, 2.45) is 0 Å². The summed E-state index contributed by atoms with van der Waals surface area (Å²) in [6, 6.07) is 0. The molecule has 0 aromatic heterocycles. The van der Waals surface area contributed by atoms with Crippen LogP contribution in [0.4, 0.5) is 0 Å². The number of allylic oxidation sites excluding steroid dienone is 4. The van der Waals surface area contributed by atoms with E-state index in [0.717, 1.165) is 62.5 Å². The predicted octanol–water partition coefficient (Wildman–Crippen LogP) is 5.79. The zero-order valence-corrected chi connectivity index (χ0v) is 20.9. The van der Waals surface area contributed by atoms with Gasteiger partial charge in [0.15, 0.2) is 0 Å². The number of hydrogen-bond acceptors (Lipinski definition) is 6. The first-order valence-corrected chi connectivity index (χ1v) is 14.0. The number of hydrogen-bond donors (Lipinski definition) is 0. The van der Waals surface area contributed by atoms with Gasteiger partial charge in [0.25, 0.3) is 0 Å². The monoisotopic (exact) mass is 476 g/mol. The van der Waals surface area contributed by atoms with Gasteiger partial charge in [-0.05, 0) is 0 Å². The molecule has 0 aliphatic heterocycles. The van der Waals surface area contributed by atoms with Crippen LogP contribution in [0, 0.1) is 0 Å². The second kappa shape index (κ2) is 9.76. The van der Waals surface area contributed by atoms with Crippen molar-refractivity contribution in [2.75, 3.05) is 0 Å². The van der Waals surface area contributed by atoms with Gasteiger partial charge in [0.1, 0.15) is 0 Å². The van der Waals surface area contributed by atoms with Gasteiger partial charge in [-0.2, -0.15) is 0 Å². The zero-order chi connectivity index (χ0) is 23.6. The molecular weight excluding hydrogens is 444 g/mol. The summed E-state index contributed by atoms with van der Waals surface area (Å²) in [4.78, 5) is 38.4. The summed E-state index contributed by atoms with van der Waals surface area (Å²) in [6.07, 6.45) is 7.66. The molecule has 3 aliphatic rings. The van der Waals surface area contributed by atoms with Crippen LogP contribution in [0.25, 0.3) is 0 Å². The van der Waals surface area contributed by atoms with Gasteiger partial charge in [0, 0.05) is 0 Å². The minimum absolute atomic E-state index is 0.145. The number of rotatable bonds is 7. The fraction of sp³-hybridized carbons (Fsp3) is 0.480.